The van der Waals surface area contributed by atoms with Gasteiger partial charge in [0, 0.05) is 18.8 Å². The zero-order valence-corrected chi connectivity index (χ0v) is 12.3. The van der Waals surface area contributed by atoms with Gasteiger partial charge in [0.2, 0.25) is 0 Å². The number of fused-ring (bicyclic) bond motifs is 1. The largest absolute Gasteiger partial charge is 0.399 e. The second-order valence-electron chi connectivity index (χ2n) is 5.49. The molecule has 1 amide bonds. The van der Waals surface area contributed by atoms with Crippen LogP contribution in [0.2, 0.25) is 0 Å². The summed E-state index contributed by atoms with van der Waals surface area (Å²) in [6.45, 7) is 4.97. The molecule has 2 aromatic rings. The van der Waals surface area contributed by atoms with E-state index in [1.165, 1.54) is 5.56 Å². The van der Waals surface area contributed by atoms with Crippen LogP contribution in [0.25, 0.3) is 0 Å². The van der Waals surface area contributed by atoms with E-state index in [1.807, 2.05) is 30.9 Å². The molecule has 3 rings (SSSR count). The number of aryl methyl sites for hydroxylation is 2. The standard InChI is InChI=1S/C16H18N4O/c1-10-7-15(11(2)19-18-10)16(21)20-6-5-12-3-4-14(17)8-13(12)9-20/h3-4,7-8H,5-6,9,17H2,1-2H3. The minimum atomic E-state index is 0.0126. The van der Waals surface area contributed by atoms with Crippen LogP contribution in [0.4, 0.5) is 5.69 Å². The average molecular weight is 282 g/mol. The molecule has 1 aliphatic heterocycles. The van der Waals surface area contributed by atoms with Gasteiger partial charge in [-0.15, -0.1) is 0 Å². The molecule has 5 nitrogen and oxygen atoms in total. The van der Waals surface area contributed by atoms with Gasteiger partial charge in [0.05, 0.1) is 17.0 Å². The third-order valence-electron chi connectivity index (χ3n) is 3.86. The first-order valence-electron chi connectivity index (χ1n) is 7.02. The van der Waals surface area contributed by atoms with E-state index in [4.69, 9.17) is 5.73 Å². The van der Waals surface area contributed by atoms with Gasteiger partial charge in [-0.05, 0) is 49.6 Å². The van der Waals surface area contributed by atoms with Gasteiger partial charge < -0.3 is 10.6 Å². The predicted molar refractivity (Wildman–Crippen MR) is 80.8 cm³/mol. The SMILES string of the molecule is Cc1cc(C(=O)N2CCc3ccc(N)cc3C2)c(C)nn1. The highest BCUT2D eigenvalue weighted by Crippen LogP contribution is 2.23. The predicted octanol–water partition coefficient (Wildman–Crippen LogP) is 1.87. The van der Waals surface area contributed by atoms with Gasteiger partial charge >= 0.3 is 0 Å². The molecule has 1 aromatic heterocycles. The molecule has 0 radical (unpaired) electrons. The number of benzene rings is 1. The normalized spacial score (nSPS) is 13.9. The number of aromatic nitrogens is 2. The van der Waals surface area contributed by atoms with Crippen LogP contribution in [0.1, 0.15) is 32.9 Å². The lowest BCUT2D eigenvalue weighted by Gasteiger charge is -2.29. The fourth-order valence-electron chi connectivity index (χ4n) is 2.69. The van der Waals surface area contributed by atoms with E-state index in [-0.39, 0.29) is 5.91 Å². The van der Waals surface area contributed by atoms with Crippen molar-refractivity contribution in [2.24, 2.45) is 0 Å². The van der Waals surface area contributed by atoms with Gasteiger partial charge in [-0.25, -0.2) is 0 Å². The number of carbonyl (C=O) groups is 1. The Bertz CT molecular complexity index is 711. The summed E-state index contributed by atoms with van der Waals surface area (Å²) in [5.74, 6) is 0.0126. The van der Waals surface area contributed by atoms with Crippen molar-refractivity contribution in [2.45, 2.75) is 26.8 Å². The van der Waals surface area contributed by atoms with Crippen LogP contribution in [0, 0.1) is 13.8 Å². The molecule has 1 aliphatic rings. The van der Waals surface area contributed by atoms with Crippen molar-refractivity contribution in [1.82, 2.24) is 15.1 Å². The van der Waals surface area contributed by atoms with E-state index < -0.39 is 0 Å². The molecule has 0 unspecified atom stereocenters. The molecule has 0 saturated heterocycles. The summed E-state index contributed by atoms with van der Waals surface area (Å²) in [6.07, 6.45) is 0.859. The third-order valence-corrected chi connectivity index (χ3v) is 3.86. The number of rotatable bonds is 1. The summed E-state index contributed by atoms with van der Waals surface area (Å²) in [6, 6.07) is 7.73. The topological polar surface area (TPSA) is 72.1 Å². The van der Waals surface area contributed by atoms with E-state index in [1.54, 1.807) is 6.07 Å². The zero-order chi connectivity index (χ0) is 15.0. The second-order valence-corrected chi connectivity index (χ2v) is 5.49. The smallest absolute Gasteiger partial charge is 0.256 e. The van der Waals surface area contributed by atoms with Gasteiger partial charge in [0.15, 0.2) is 0 Å². The fraction of sp³-hybridized carbons (Fsp3) is 0.312. The molecule has 21 heavy (non-hydrogen) atoms. The molecule has 0 saturated carbocycles. The van der Waals surface area contributed by atoms with Crippen LogP contribution in [0.15, 0.2) is 24.3 Å². The molecule has 0 atom stereocenters. The summed E-state index contributed by atoms with van der Waals surface area (Å²) in [5, 5.41) is 8.01. The second kappa shape index (κ2) is 5.16. The van der Waals surface area contributed by atoms with Gasteiger partial charge in [-0.1, -0.05) is 6.07 Å². The summed E-state index contributed by atoms with van der Waals surface area (Å²) in [7, 11) is 0. The molecule has 108 valence electrons. The van der Waals surface area contributed by atoms with Crippen LogP contribution >= 0.6 is 0 Å². The van der Waals surface area contributed by atoms with Crippen molar-refractivity contribution in [2.75, 3.05) is 12.3 Å². The number of hydrogen-bond acceptors (Lipinski definition) is 4. The molecule has 0 aliphatic carbocycles. The highest BCUT2D eigenvalue weighted by atomic mass is 16.2. The van der Waals surface area contributed by atoms with E-state index in [0.29, 0.717) is 17.8 Å². The molecule has 1 aromatic carbocycles. The Labute approximate surface area is 123 Å². The number of nitrogen functional groups attached to an aromatic ring is 1. The van der Waals surface area contributed by atoms with Gasteiger partial charge in [0.1, 0.15) is 0 Å². The monoisotopic (exact) mass is 282 g/mol. The third kappa shape index (κ3) is 2.59. The van der Waals surface area contributed by atoms with Crippen molar-refractivity contribution in [1.29, 1.82) is 0 Å². The van der Waals surface area contributed by atoms with E-state index in [2.05, 4.69) is 16.3 Å². The van der Waals surface area contributed by atoms with E-state index in [0.717, 1.165) is 29.9 Å². The molecular weight excluding hydrogens is 264 g/mol. The Morgan fingerprint density at radius 1 is 1.19 bits per heavy atom. The Morgan fingerprint density at radius 3 is 2.81 bits per heavy atom. The number of nitrogens with zero attached hydrogens (tertiary/aromatic N) is 3. The van der Waals surface area contributed by atoms with E-state index in [9.17, 15) is 4.79 Å². The molecule has 0 fully saturated rings. The van der Waals surface area contributed by atoms with Crippen LogP contribution in [0.5, 0.6) is 0 Å². The summed E-state index contributed by atoms with van der Waals surface area (Å²) in [4.78, 5) is 14.5. The van der Waals surface area contributed by atoms with Crippen molar-refractivity contribution < 1.29 is 4.79 Å². The highest BCUT2D eigenvalue weighted by molar-refractivity contribution is 5.95. The molecule has 5 heteroatoms. The van der Waals surface area contributed by atoms with Crippen molar-refractivity contribution in [3.8, 4) is 0 Å². The Balaban J connectivity index is 1.88. The lowest BCUT2D eigenvalue weighted by molar-refractivity contribution is 0.0733. The van der Waals surface area contributed by atoms with Crippen LogP contribution in [-0.4, -0.2) is 27.5 Å². The number of nitrogens with two attached hydrogens (primary N) is 1. The summed E-state index contributed by atoms with van der Waals surface area (Å²) >= 11 is 0. The maximum absolute atomic E-state index is 12.7. The summed E-state index contributed by atoms with van der Waals surface area (Å²) < 4.78 is 0. The average Bonchev–Trinajstić information content (AvgIpc) is 2.48. The molecule has 2 N–H and O–H groups in total. The lowest BCUT2D eigenvalue weighted by atomic mass is 9.98. The Kier molecular flexibility index (Phi) is 3.33. The number of anilines is 1. The quantitative estimate of drug-likeness (QED) is 0.811. The minimum absolute atomic E-state index is 0.0126. The van der Waals surface area contributed by atoms with Gasteiger partial charge in [-0.2, -0.15) is 10.2 Å². The zero-order valence-electron chi connectivity index (χ0n) is 12.3. The first-order chi connectivity index (χ1) is 10.0. The molecule has 0 spiro atoms. The maximum Gasteiger partial charge on any atom is 0.256 e. The first-order valence-corrected chi connectivity index (χ1v) is 7.02. The van der Waals surface area contributed by atoms with Crippen LogP contribution in [0.3, 0.4) is 0 Å². The van der Waals surface area contributed by atoms with Crippen molar-refractivity contribution in [3.05, 3.63) is 52.3 Å². The minimum Gasteiger partial charge on any atom is -0.399 e. The van der Waals surface area contributed by atoms with Crippen molar-refractivity contribution in [3.63, 3.8) is 0 Å². The van der Waals surface area contributed by atoms with E-state index >= 15 is 0 Å². The van der Waals surface area contributed by atoms with Gasteiger partial charge in [-0.3, -0.25) is 4.79 Å². The molecule has 2 heterocycles. The molecule has 0 bridgehead atoms. The van der Waals surface area contributed by atoms with Crippen LogP contribution < -0.4 is 5.73 Å². The lowest BCUT2D eigenvalue weighted by Crippen LogP contribution is -2.36. The number of hydrogen-bond donors (Lipinski definition) is 1. The number of amides is 1. The first kappa shape index (κ1) is 13.5. The van der Waals surface area contributed by atoms with Crippen LogP contribution in [-0.2, 0) is 13.0 Å². The molecular formula is C16H18N4O. The Morgan fingerprint density at radius 2 is 2.00 bits per heavy atom. The maximum atomic E-state index is 12.7. The fourth-order valence-corrected chi connectivity index (χ4v) is 2.69. The Hall–Kier alpha value is -2.43. The summed E-state index contributed by atoms with van der Waals surface area (Å²) in [5.41, 5.74) is 11.0. The van der Waals surface area contributed by atoms with Gasteiger partial charge in [0.25, 0.3) is 5.91 Å². The highest BCUT2D eigenvalue weighted by Gasteiger charge is 2.23. The number of carbonyl (C=O) groups excluding carboxylic acids is 1. The van der Waals surface area contributed by atoms with Crippen molar-refractivity contribution >= 4 is 11.6 Å².